The third-order valence-corrected chi connectivity index (χ3v) is 7.00. The van der Waals surface area contributed by atoms with Crippen LogP contribution in [0, 0.1) is 5.41 Å². The molecule has 1 atom stereocenters. The minimum absolute atomic E-state index is 0. The molecule has 1 aliphatic heterocycles. The molecule has 1 heterocycles. The molecular weight excluding hydrogens is 479 g/mol. The van der Waals surface area contributed by atoms with Gasteiger partial charge in [-0.1, -0.05) is 12.8 Å². The van der Waals surface area contributed by atoms with E-state index in [1.807, 2.05) is 6.92 Å². The molecule has 1 aliphatic carbocycles. The van der Waals surface area contributed by atoms with E-state index in [0.29, 0.717) is 13.1 Å². The van der Waals surface area contributed by atoms with E-state index in [4.69, 9.17) is 9.73 Å². The number of hydrogen-bond acceptors (Lipinski definition) is 4. The van der Waals surface area contributed by atoms with Gasteiger partial charge >= 0.3 is 0 Å². The normalized spacial score (nSPS) is 23.2. The molecule has 160 valence electrons. The summed E-state index contributed by atoms with van der Waals surface area (Å²) < 4.78 is 30.7. The zero-order chi connectivity index (χ0) is 19.0. The smallest absolute Gasteiger partial charge is 0.211 e. The van der Waals surface area contributed by atoms with Crippen molar-refractivity contribution in [1.82, 2.24) is 14.9 Å². The van der Waals surface area contributed by atoms with Gasteiger partial charge in [-0.15, -0.1) is 24.0 Å². The number of guanidine groups is 1. The first-order chi connectivity index (χ1) is 12.4. The van der Waals surface area contributed by atoms with E-state index in [-0.39, 0.29) is 35.4 Å². The molecule has 0 aromatic heterocycles. The summed E-state index contributed by atoms with van der Waals surface area (Å²) >= 11 is 0. The van der Waals surface area contributed by atoms with Crippen molar-refractivity contribution in [3.63, 3.8) is 0 Å². The Hall–Kier alpha value is -0.130. The molecule has 0 aromatic rings. The molecule has 9 heteroatoms. The SMILES string of the molecule is CCNC(=NCC1(CCOC)CCCC1)NC[C@H]1CCCN1S(C)(=O)=O.I. The highest BCUT2D eigenvalue weighted by molar-refractivity contribution is 14.0. The largest absolute Gasteiger partial charge is 0.385 e. The fourth-order valence-electron chi connectivity index (χ4n) is 4.18. The van der Waals surface area contributed by atoms with Crippen LogP contribution in [0.25, 0.3) is 0 Å². The van der Waals surface area contributed by atoms with Crippen molar-refractivity contribution < 1.29 is 13.2 Å². The fraction of sp³-hybridized carbons (Fsp3) is 0.944. The predicted molar refractivity (Wildman–Crippen MR) is 121 cm³/mol. The summed E-state index contributed by atoms with van der Waals surface area (Å²) in [6, 6.07) is 0.0165. The van der Waals surface area contributed by atoms with Crippen molar-refractivity contribution in [2.45, 2.75) is 57.9 Å². The van der Waals surface area contributed by atoms with Crippen molar-refractivity contribution in [1.29, 1.82) is 0 Å². The van der Waals surface area contributed by atoms with Gasteiger partial charge in [-0.25, -0.2) is 8.42 Å². The maximum absolute atomic E-state index is 11.9. The Morgan fingerprint density at radius 1 is 1.26 bits per heavy atom. The van der Waals surface area contributed by atoms with Crippen molar-refractivity contribution in [2.24, 2.45) is 10.4 Å². The number of methoxy groups -OCH3 is 1. The van der Waals surface area contributed by atoms with Gasteiger partial charge in [0.05, 0.1) is 6.26 Å². The highest BCUT2D eigenvalue weighted by atomic mass is 127. The number of rotatable bonds is 9. The van der Waals surface area contributed by atoms with Gasteiger partial charge in [-0.3, -0.25) is 4.99 Å². The summed E-state index contributed by atoms with van der Waals surface area (Å²) in [6.45, 7) is 5.64. The Balaban J connectivity index is 0.00000364. The van der Waals surface area contributed by atoms with Crippen LogP contribution in [0.15, 0.2) is 4.99 Å². The van der Waals surface area contributed by atoms with E-state index in [0.717, 1.165) is 44.9 Å². The first-order valence-electron chi connectivity index (χ1n) is 9.88. The number of hydrogen-bond donors (Lipinski definition) is 2. The molecule has 2 N–H and O–H groups in total. The van der Waals surface area contributed by atoms with Crippen LogP contribution in [0.3, 0.4) is 0 Å². The summed E-state index contributed by atoms with van der Waals surface area (Å²) in [6.07, 6.45) is 9.14. The standard InChI is InChI=1S/C18H36N4O3S.HI/c1-4-19-17(20-14-16-8-7-12-22(16)26(3,23)24)21-15-18(11-13-25-2)9-5-6-10-18;/h16H,4-15H2,1-3H3,(H2,19,20,21);1H/t16-;/m1./s1. The molecule has 7 nitrogen and oxygen atoms in total. The molecule has 0 unspecified atom stereocenters. The quantitative estimate of drug-likeness (QED) is 0.279. The van der Waals surface area contributed by atoms with Crippen molar-refractivity contribution in [3.8, 4) is 0 Å². The monoisotopic (exact) mass is 516 g/mol. The Kier molecular flexibility index (Phi) is 10.9. The van der Waals surface area contributed by atoms with Crippen LogP contribution in [0.2, 0.25) is 0 Å². The second-order valence-corrected chi connectivity index (χ2v) is 9.63. The third kappa shape index (κ3) is 7.66. The molecule has 0 radical (unpaired) electrons. The van der Waals surface area contributed by atoms with Crippen molar-refractivity contribution in [3.05, 3.63) is 0 Å². The average Bonchev–Trinajstić information content (AvgIpc) is 3.25. The summed E-state index contributed by atoms with van der Waals surface area (Å²) in [5, 5.41) is 6.66. The van der Waals surface area contributed by atoms with Gasteiger partial charge in [0.25, 0.3) is 0 Å². The van der Waals surface area contributed by atoms with Crippen molar-refractivity contribution in [2.75, 3.05) is 46.2 Å². The maximum Gasteiger partial charge on any atom is 0.211 e. The molecule has 2 rings (SSSR count). The Labute approximate surface area is 182 Å². The lowest BCUT2D eigenvalue weighted by atomic mass is 9.83. The second kappa shape index (κ2) is 11.8. The molecule has 0 amide bonds. The van der Waals surface area contributed by atoms with Gasteiger partial charge in [0.2, 0.25) is 10.0 Å². The number of sulfonamides is 1. The molecule has 2 aliphatic rings. The summed E-state index contributed by atoms with van der Waals surface area (Å²) in [5.41, 5.74) is 0.254. The van der Waals surface area contributed by atoms with Crippen LogP contribution in [-0.2, 0) is 14.8 Å². The van der Waals surface area contributed by atoms with Gasteiger partial charge < -0.3 is 15.4 Å². The van der Waals surface area contributed by atoms with Crippen molar-refractivity contribution >= 4 is 40.0 Å². The number of aliphatic imine (C=N–C) groups is 1. The van der Waals surface area contributed by atoms with Gasteiger partial charge in [-0.2, -0.15) is 4.31 Å². The maximum atomic E-state index is 11.9. The third-order valence-electron chi connectivity index (χ3n) is 5.67. The number of halogens is 1. The molecular formula is C18H37IN4O3S. The Morgan fingerprint density at radius 3 is 2.56 bits per heavy atom. The second-order valence-electron chi connectivity index (χ2n) is 7.70. The van der Waals surface area contributed by atoms with Gasteiger partial charge in [0, 0.05) is 45.9 Å². The molecule has 0 spiro atoms. The Bertz CT molecular complexity index is 565. The average molecular weight is 516 g/mol. The zero-order valence-electron chi connectivity index (χ0n) is 17.0. The molecule has 2 fully saturated rings. The minimum atomic E-state index is -3.14. The van der Waals surface area contributed by atoms with Gasteiger partial charge in [-0.05, 0) is 44.4 Å². The van der Waals surface area contributed by atoms with Gasteiger partial charge in [0.1, 0.15) is 0 Å². The summed E-state index contributed by atoms with van der Waals surface area (Å²) in [5.74, 6) is 0.788. The minimum Gasteiger partial charge on any atom is -0.385 e. The molecule has 0 aromatic carbocycles. The van der Waals surface area contributed by atoms with E-state index in [9.17, 15) is 8.42 Å². The molecule has 0 bridgehead atoms. The van der Waals surface area contributed by atoms with Crippen LogP contribution >= 0.6 is 24.0 Å². The molecule has 1 saturated carbocycles. The van der Waals surface area contributed by atoms with Crippen LogP contribution in [0.4, 0.5) is 0 Å². The topological polar surface area (TPSA) is 83.0 Å². The highest BCUT2D eigenvalue weighted by Gasteiger charge is 2.34. The highest BCUT2D eigenvalue weighted by Crippen LogP contribution is 2.41. The first kappa shape index (κ1) is 24.9. The summed E-state index contributed by atoms with van der Waals surface area (Å²) in [4.78, 5) is 4.84. The zero-order valence-corrected chi connectivity index (χ0v) is 20.1. The number of ether oxygens (including phenoxy) is 1. The van der Waals surface area contributed by atoms with Crippen LogP contribution < -0.4 is 10.6 Å². The fourth-order valence-corrected chi connectivity index (χ4v) is 5.37. The predicted octanol–water partition coefficient (Wildman–Crippen LogP) is 2.18. The molecule has 27 heavy (non-hydrogen) atoms. The van der Waals surface area contributed by atoms with Crippen LogP contribution in [-0.4, -0.2) is 70.9 Å². The van der Waals surface area contributed by atoms with E-state index >= 15 is 0 Å². The van der Waals surface area contributed by atoms with E-state index in [1.165, 1.54) is 31.9 Å². The van der Waals surface area contributed by atoms with E-state index in [2.05, 4.69) is 10.6 Å². The number of nitrogens with one attached hydrogen (secondary N) is 2. The van der Waals surface area contributed by atoms with E-state index < -0.39 is 10.0 Å². The molecule has 1 saturated heterocycles. The van der Waals surface area contributed by atoms with Crippen LogP contribution in [0.5, 0.6) is 0 Å². The number of nitrogens with zero attached hydrogens (tertiary/aromatic N) is 2. The lowest BCUT2D eigenvalue weighted by molar-refractivity contribution is 0.141. The lowest BCUT2D eigenvalue weighted by Crippen LogP contribution is -2.46. The summed E-state index contributed by atoms with van der Waals surface area (Å²) in [7, 11) is -1.38. The van der Waals surface area contributed by atoms with Crippen LogP contribution in [0.1, 0.15) is 51.9 Å². The first-order valence-corrected chi connectivity index (χ1v) is 11.7. The lowest BCUT2D eigenvalue weighted by Gasteiger charge is -2.28. The van der Waals surface area contributed by atoms with Gasteiger partial charge in [0.15, 0.2) is 5.96 Å². The Morgan fingerprint density at radius 2 is 1.96 bits per heavy atom. The van der Waals surface area contributed by atoms with E-state index in [1.54, 1.807) is 11.4 Å².